The van der Waals surface area contributed by atoms with E-state index in [9.17, 15) is 9.59 Å². The Morgan fingerprint density at radius 3 is 2.53 bits per heavy atom. The highest BCUT2D eigenvalue weighted by atomic mass is 32.1. The Kier molecular flexibility index (Phi) is 5.22. The lowest BCUT2D eigenvalue weighted by Crippen LogP contribution is -2.28. The molecule has 2 aromatic heterocycles. The number of benzene rings is 2. The molecule has 0 atom stereocenters. The van der Waals surface area contributed by atoms with Gasteiger partial charge in [0.2, 0.25) is 0 Å². The first-order chi connectivity index (χ1) is 14.3. The topological polar surface area (TPSA) is 76.9 Å². The van der Waals surface area contributed by atoms with Gasteiger partial charge in [-0.15, -0.1) is 11.3 Å². The molecule has 0 aliphatic carbocycles. The van der Waals surface area contributed by atoms with Crippen LogP contribution < -0.4 is 10.9 Å². The fraction of sp³-hybridized carbons (Fsp3) is 0.217. The number of rotatable bonds is 4. The van der Waals surface area contributed by atoms with Crippen LogP contribution in [0, 0.1) is 13.8 Å². The summed E-state index contributed by atoms with van der Waals surface area (Å²) in [6, 6.07) is 13.1. The number of nitrogens with one attached hydrogen (secondary N) is 1. The molecule has 152 valence electrons. The van der Waals surface area contributed by atoms with Crippen molar-refractivity contribution in [1.82, 2.24) is 14.8 Å². The highest BCUT2D eigenvalue weighted by molar-refractivity contribution is 7.14. The van der Waals surface area contributed by atoms with Crippen molar-refractivity contribution in [3.63, 3.8) is 0 Å². The van der Waals surface area contributed by atoms with E-state index in [4.69, 9.17) is 0 Å². The molecule has 0 aliphatic heterocycles. The normalized spacial score (nSPS) is 11.2. The molecule has 6 nitrogen and oxygen atoms in total. The summed E-state index contributed by atoms with van der Waals surface area (Å²) in [5.74, 6) is -0.387. The van der Waals surface area contributed by atoms with Gasteiger partial charge in [0, 0.05) is 16.3 Å². The molecule has 0 saturated carbocycles. The first-order valence-electron chi connectivity index (χ1n) is 9.71. The number of hydrogen-bond donors (Lipinski definition) is 1. The summed E-state index contributed by atoms with van der Waals surface area (Å²) in [5, 5.41) is 10.6. The third-order valence-corrected chi connectivity index (χ3v) is 5.67. The molecule has 30 heavy (non-hydrogen) atoms. The number of nitrogens with zero attached hydrogens (tertiary/aromatic N) is 3. The quantitative estimate of drug-likeness (QED) is 0.508. The van der Waals surface area contributed by atoms with Crippen molar-refractivity contribution >= 4 is 33.1 Å². The second-order valence-electron chi connectivity index (χ2n) is 7.55. The Morgan fingerprint density at radius 1 is 1.10 bits per heavy atom. The van der Waals surface area contributed by atoms with Crippen molar-refractivity contribution in [2.24, 2.45) is 0 Å². The molecule has 2 aromatic carbocycles. The van der Waals surface area contributed by atoms with Crippen LogP contribution in [0.3, 0.4) is 0 Å². The summed E-state index contributed by atoms with van der Waals surface area (Å²) in [5.41, 5.74) is 4.19. The summed E-state index contributed by atoms with van der Waals surface area (Å²) in [6.45, 7) is 7.83. The maximum Gasteiger partial charge on any atom is 0.278 e. The average molecular weight is 419 g/mol. The van der Waals surface area contributed by atoms with Gasteiger partial charge in [0.15, 0.2) is 10.8 Å². The number of aryl methyl sites for hydroxylation is 2. The third-order valence-electron chi connectivity index (χ3n) is 4.92. The van der Waals surface area contributed by atoms with Crippen LogP contribution in [0.1, 0.15) is 41.5 Å². The molecule has 0 fully saturated rings. The van der Waals surface area contributed by atoms with Crippen LogP contribution in [0.15, 0.2) is 52.6 Å². The van der Waals surface area contributed by atoms with Gasteiger partial charge in [-0.3, -0.25) is 14.9 Å². The second kappa shape index (κ2) is 7.84. The maximum absolute atomic E-state index is 13.0. The van der Waals surface area contributed by atoms with E-state index in [1.807, 2.05) is 38.3 Å². The van der Waals surface area contributed by atoms with E-state index in [1.165, 1.54) is 21.6 Å². The monoisotopic (exact) mass is 418 g/mol. The van der Waals surface area contributed by atoms with E-state index in [1.54, 1.807) is 24.3 Å². The standard InChI is InChI=1S/C23H22N4O2S/c1-13(2)27-22(29)18-8-6-5-7-17(18)20(26-27)21(28)25-23-24-19(12-30-23)16-10-9-14(3)11-15(16)4/h5-13H,1-4H3,(H,24,25,28). The zero-order valence-corrected chi connectivity index (χ0v) is 18.1. The van der Waals surface area contributed by atoms with Crippen molar-refractivity contribution in [3.05, 3.63) is 75.0 Å². The maximum atomic E-state index is 13.0. The number of hydrogen-bond acceptors (Lipinski definition) is 5. The number of amides is 1. The Morgan fingerprint density at radius 2 is 1.83 bits per heavy atom. The Labute approximate surface area is 178 Å². The fourth-order valence-corrected chi connectivity index (χ4v) is 4.14. The molecule has 2 heterocycles. The van der Waals surface area contributed by atoms with Crippen molar-refractivity contribution in [2.75, 3.05) is 5.32 Å². The van der Waals surface area contributed by atoms with E-state index in [0.29, 0.717) is 15.9 Å². The van der Waals surface area contributed by atoms with E-state index in [-0.39, 0.29) is 23.2 Å². The minimum atomic E-state index is -0.387. The molecule has 0 spiro atoms. The van der Waals surface area contributed by atoms with Gasteiger partial charge >= 0.3 is 0 Å². The lowest BCUT2D eigenvalue weighted by atomic mass is 10.0. The molecule has 1 amide bonds. The van der Waals surface area contributed by atoms with Gasteiger partial charge in [-0.05, 0) is 39.3 Å². The van der Waals surface area contributed by atoms with Gasteiger partial charge in [0.25, 0.3) is 11.5 Å². The zero-order chi connectivity index (χ0) is 21.4. The van der Waals surface area contributed by atoms with Crippen LogP contribution in [0.5, 0.6) is 0 Å². The summed E-state index contributed by atoms with van der Waals surface area (Å²) in [4.78, 5) is 30.3. The minimum absolute atomic E-state index is 0.162. The number of carbonyl (C=O) groups is 1. The van der Waals surface area contributed by atoms with E-state index in [2.05, 4.69) is 28.4 Å². The van der Waals surface area contributed by atoms with E-state index >= 15 is 0 Å². The number of aromatic nitrogens is 3. The summed E-state index contributed by atoms with van der Waals surface area (Å²) < 4.78 is 1.35. The number of thiazole rings is 1. The Balaban J connectivity index is 1.70. The Hall–Kier alpha value is -3.32. The molecule has 4 aromatic rings. The number of carbonyl (C=O) groups excluding carboxylic acids is 1. The molecule has 0 aliphatic rings. The molecule has 0 unspecified atom stereocenters. The van der Waals surface area contributed by atoms with Gasteiger partial charge in [-0.25, -0.2) is 9.67 Å². The van der Waals surface area contributed by atoms with Crippen LogP contribution >= 0.6 is 11.3 Å². The van der Waals surface area contributed by atoms with Crippen LogP contribution in [-0.2, 0) is 0 Å². The van der Waals surface area contributed by atoms with Crippen LogP contribution in [0.4, 0.5) is 5.13 Å². The summed E-state index contributed by atoms with van der Waals surface area (Å²) in [7, 11) is 0. The van der Waals surface area contributed by atoms with Crippen LogP contribution in [0.25, 0.3) is 22.0 Å². The minimum Gasteiger partial charge on any atom is -0.296 e. The average Bonchev–Trinajstić information content (AvgIpc) is 3.16. The predicted molar refractivity (Wildman–Crippen MR) is 121 cm³/mol. The lowest BCUT2D eigenvalue weighted by Gasteiger charge is -2.12. The predicted octanol–water partition coefficient (Wildman–Crippen LogP) is 4.97. The van der Waals surface area contributed by atoms with Crippen molar-refractivity contribution in [3.8, 4) is 11.3 Å². The molecule has 0 saturated heterocycles. The van der Waals surface area contributed by atoms with Crippen molar-refractivity contribution in [2.45, 2.75) is 33.7 Å². The zero-order valence-electron chi connectivity index (χ0n) is 17.3. The molecular weight excluding hydrogens is 396 g/mol. The molecule has 4 rings (SSSR count). The SMILES string of the molecule is Cc1ccc(-c2csc(NC(=O)c3nn(C(C)C)c(=O)c4ccccc34)n2)c(C)c1. The van der Waals surface area contributed by atoms with Crippen LogP contribution in [-0.4, -0.2) is 20.7 Å². The van der Waals surface area contributed by atoms with Crippen LogP contribution in [0.2, 0.25) is 0 Å². The smallest absolute Gasteiger partial charge is 0.278 e. The lowest BCUT2D eigenvalue weighted by molar-refractivity contribution is 0.102. The molecule has 0 bridgehead atoms. The molecule has 1 N–H and O–H groups in total. The number of anilines is 1. The second-order valence-corrected chi connectivity index (χ2v) is 8.41. The Bertz CT molecular complexity index is 1320. The molecule has 0 radical (unpaired) electrons. The third kappa shape index (κ3) is 3.64. The van der Waals surface area contributed by atoms with Gasteiger partial charge < -0.3 is 0 Å². The van der Waals surface area contributed by atoms with E-state index in [0.717, 1.165) is 16.8 Å². The first-order valence-corrected chi connectivity index (χ1v) is 10.6. The highest BCUT2D eigenvalue weighted by Gasteiger charge is 2.19. The summed E-state index contributed by atoms with van der Waals surface area (Å²) >= 11 is 1.36. The first kappa shape index (κ1) is 20.0. The van der Waals surface area contributed by atoms with Gasteiger partial charge in [-0.1, -0.05) is 42.0 Å². The van der Waals surface area contributed by atoms with Gasteiger partial charge in [0.05, 0.1) is 17.1 Å². The van der Waals surface area contributed by atoms with E-state index < -0.39 is 0 Å². The summed E-state index contributed by atoms with van der Waals surface area (Å²) in [6.07, 6.45) is 0. The fourth-order valence-electron chi connectivity index (χ4n) is 3.44. The van der Waals surface area contributed by atoms with Gasteiger partial charge in [-0.2, -0.15) is 5.10 Å². The van der Waals surface area contributed by atoms with Gasteiger partial charge in [0.1, 0.15) is 0 Å². The number of fused-ring (bicyclic) bond motifs is 1. The highest BCUT2D eigenvalue weighted by Crippen LogP contribution is 2.28. The van der Waals surface area contributed by atoms with Crippen molar-refractivity contribution in [1.29, 1.82) is 0 Å². The largest absolute Gasteiger partial charge is 0.296 e. The van der Waals surface area contributed by atoms with Crippen molar-refractivity contribution < 1.29 is 4.79 Å². The molecular formula is C23H22N4O2S. The molecule has 7 heteroatoms.